The van der Waals surface area contributed by atoms with E-state index >= 15 is 0 Å². The summed E-state index contributed by atoms with van der Waals surface area (Å²) >= 11 is 5.81. The molecule has 0 fully saturated rings. The summed E-state index contributed by atoms with van der Waals surface area (Å²) in [4.78, 5) is 19.9. The molecule has 0 unspecified atom stereocenters. The molecule has 2 rings (SSSR count). The van der Waals surface area contributed by atoms with Gasteiger partial charge in [-0.05, 0) is 18.2 Å². The third-order valence-corrected chi connectivity index (χ3v) is 2.37. The molecule has 2 aromatic heterocycles. The first-order valence-electron chi connectivity index (χ1n) is 4.87. The van der Waals surface area contributed by atoms with Crippen LogP contribution in [-0.2, 0) is 4.74 Å². The summed E-state index contributed by atoms with van der Waals surface area (Å²) in [5.74, 6) is -0.486. The standard InChI is InChI=1S/C12H9ClN2O2/c1-17-12(16)9-6-8(13)7-15-11(9)10-4-2-3-5-14-10/h2-7H,1H3. The Kier molecular flexibility index (Phi) is 3.35. The molecule has 2 heterocycles. The number of ether oxygens (including phenoxy) is 1. The van der Waals surface area contributed by atoms with Crippen LogP contribution in [0.3, 0.4) is 0 Å². The van der Waals surface area contributed by atoms with Crippen molar-refractivity contribution < 1.29 is 9.53 Å². The van der Waals surface area contributed by atoms with Gasteiger partial charge in [-0.15, -0.1) is 0 Å². The second-order valence-corrected chi connectivity index (χ2v) is 3.69. The summed E-state index contributed by atoms with van der Waals surface area (Å²) in [5.41, 5.74) is 1.37. The highest BCUT2D eigenvalue weighted by molar-refractivity contribution is 6.30. The minimum absolute atomic E-state index is 0.304. The quantitative estimate of drug-likeness (QED) is 0.767. The van der Waals surface area contributed by atoms with Gasteiger partial charge in [-0.1, -0.05) is 17.7 Å². The number of carbonyl (C=O) groups is 1. The van der Waals surface area contributed by atoms with Crippen LogP contribution in [0.25, 0.3) is 11.4 Å². The molecule has 0 saturated heterocycles. The van der Waals surface area contributed by atoms with Gasteiger partial charge in [-0.3, -0.25) is 9.97 Å². The molecule has 0 N–H and O–H groups in total. The molecule has 86 valence electrons. The Morgan fingerprint density at radius 2 is 2.18 bits per heavy atom. The van der Waals surface area contributed by atoms with Crippen LogP contribution >= 0.6 is 11.6 Å². The molecule has 4 nitrogen and oxygen atoms in total. The van der Waals surface area contributed by atoms with Crippen LogP contribution in [0.15, 0.2) is 36.7 Å². The SMILES string of the molecule is COC(=O)c1cc(Cl)cnc1-c1ccccn1. The number of aromatic nitrogens is 2. The summed E-state index contributed by atoms with van der Waals surface area (Å²) < 4.78 is 4.69. The van der Waals surface area contributed by atoms with Crippen LogP contribution in [0.1, 0.15) is 10.4 Å². The monoisotopic (exact) mass is 248 g/mol. The number of nitrogens with zero attached hydrogens (tertiary/aromatic N) is 2. The first-order chi connectivity index (χ1) is 8.22. The van der Waals surface area contributed by atoms with E-state index in [1.54, 1.807) is 18.3 Å². The van der Waals surface area contributed by atoms with Crippen LogP contribution < -0.4 is 0 Å². The minimum atomic E-state index is -0.486. The zero-order valence-electron chi connectivity index (χ0n) is 9.05. The zero-order chi connectivity index (χ0) is 12.3. The van der Waals surface area contributed by atoms with Crippen molar-refractivity contribution in [1.82, 2.24) is 9.97 Å². The normalized spacial score (nSPS) is 10.0. The molecule has 5 heteroatoms. The number of hydrogen-bond acceptors (Lipinski definition) is 4. The number of pyridine rings is 2. The molecule has 0 aromatic carbocycles. The maximum absolute atomic E-state index is 11.6. The van der Waals surface area contributed by atoms with Gasteiger partial charge in [0.15, 0.2) is 0 Å². The number of methoxy groups -OCH3 is 1. The van der Waals surface area contributed by atoms with Crippen molar-refractivity contribution in [2.75, 3.05) is 7.11 Å². The summed E-state index contributed by atoms with van der Waals surface area (Å²) in [6.07, 6.45) is 3.10. The molecule has 0 saturated carbocycles. The lowest BCUT2D eigenvalue weighted by molar-refractivity contribution is 0.0601. The summed E-state index contributed by atoms with van der Waals surface area (Å²) in [7, 11) is 1.31. The summed E-state index contributed by atoms with van der Waals surface area (Å²) in [6.45, 7) is 0. The Hall–Kier alpha value is -1.94. The lowest BCUT2D eigenvalue weighted by Gasteiger charge is -2.06. The molecule has 0 aliphatic heterocycles. The fraction of sp³-hybridized carbons (Fsp3) is 0.0833. The molecule has 0 spiro atoms. The van der Waals surface area contributed by atoms with E-state index in [0.29, 0.717) is 22.0 Å². The molecule has 0 atom stereocenters. The van der Waals surface area contributed by atoms with Crippen LogP contribution in [0.2, 0.25) is 5.02 Å². The van der Waals surface area contributed by atoms with Gasteiger partial charge in [0.2, 0.25) is 0 Å². The first kappa shape index (κ1) is 11.5. The van der Waals surface area contributed by atoms with Gasteiger partial charge in [-0.2, -0.15) is 0 Å². The molecular formula is C12H9ClN2O2. The highest BCUT2D eigenvalue weighted by atomic mass is 35.5. The van der Waals surface area contributed by atoms with E-state index < -0.39 is 5.97 Å². The first-order valence-corrected chi connectivity index (χ1v) is 5.25. The van der Waals surface area contributed by atoms with Gasteiger partial charge in [0.05, 0.1) is 23.4 Å². The van der Waals surface area contributed by atoms with Crippen molar-refractivity contribution >= 4 is 17.6 Å². The van der Waals surface area contributed by atoms with Crippen LogP contribution in [0, 0.1) is 0 Å². The number of esters is 1. The largest absolute Gasteiger partial charge is 0.465 e. The maximum Gasteiger partial charge on any atom is 0.340 e. The molecule has 0 radical (unpaired) electrons. The Bertz CT molecular complexity index is 543. The van der Waals surface area contributed by atoms with Gasteiger partial charge in [0, 0.05) is 12.4 Å². The zero-order valence-corrected chi connectivity index (χ0v) is 9.81. The molecule has 0 aliphatic rings. The smallest absolute Gasteiger partial charge is 0.340 e. The lowest BCUT2D eigenvalue weighted by atomic mass is 10.1. The maximum atomic E-state index is 11.6. The van der Waals surface area contributed by atoms with Crippen molar-refractivity contribution in [2.24, 2.45) is 0 Å². The van der Waals surface area contributed by atoms with Crippen LogP contribution in [0.5, 0.6) is 0 Å². The van der Waals surface area contributed by atoms with Crippen molar-refractivity contribution in [1.29, 1.82) is 0 Å². The van der Waals surface area contributed by atoms with E-state index in [2.05, 4.69) is 14.7 Å². The predicted octanol–water partition coefficient (Wildman–Crippen LogP) is 2.58. The number of hydrogen-bond donors (Lipinski definition) is 0. The number of halogens is 1. The Labute approximate surface area is 103 Å². The molecule has 17 heavy (non-hydrogen) atoms. The average Bonchev–Trinajstić information content (AvgIpc) is 2.38. The molecular weight excluding hydrogens is 240 g/mol. The minimum Gasteiger partial charge on any atom is -0.465 e. The van der Waals surface area contributed by atoms with E-state index in [0.717, 1.165) is 0 Å². The highest BCUT2D eigenvalue weighted by Crippen LogP contribution is 2.22. The van der Waals surface area contributed by atoms with Crippen molar-refractivity contribution in [3.63, 3.8) is 0 Å². The molecule has 0 bridgehead atoms. The van der Waals surface area contributed by atoms with E-state index in [-0.39, 0.29) is 0 Å². The van der Waals surface area contributed by atoms with E-state index in [4.69, 9.17) is 11.6 Å². The predicted molar refractivity (Wildman–Crippen MR) is 63.8 cm³/mol. The Morgan fingerprint density at radius 3 is 2.82 bits per heavy atom. The van der Waals surface area contributed by atoms with E-state index in [9.17, 15) is 4.79 Å². The third kappa shape index (κ3) is 2.42. The fourth-order valence-corrected chi connectivity index (χ4v) is 1.57. The van der Waals surface area contributed by atoms with Crippen LogP contribution in [-0.4, -0.2) is 23.0 Å². The van der Waals surface area contributed by atoms with E-state index in [1.165, 1.54) is 19.4 Å². The average molecular weight is 249 g/mol. The van der Waals surface area contributed by atoms with Crippen molar-refractivity contribution in [2.45, 2.75) is 0 Å². The molecule has 0 aliphatic carbocycles. The lowest BCUT2D eigenvalue weighted by Crippen LogP contribution is -2.05. The number of rotatable bonds is 2. The summed E-state index contributed by atoms with van der Waals surface area (Å²) in [6, 6.07) is 6.89. The van der Waals surface area contributed by atoms with Crippen molar-refractivity contribution in [3.8, 4) is 11.4 Å². The Morgan fingerprint density at radius 1 is 1.35 bits per heavy atom. The van der Waals surface area contributed by atoms with E-state index in [1.807, 2.05) is 6.07 Å². The summed E-state index contributed by atoms with van der Waals surface area (Å²) in [5, 5.41) is 0.380. The van der Waals surface area contributed by atoms with Gasteiger partial charge < -0.3 is 4.74 Å². The van der Waals surface area contributed by atoms with Gasteiger partial charge in [0.25, 0.3) is 0 Å². The van der Waals surface area contributed by atoms with Crippen molar-refractivity contribution in [3.05, 3.63) is 47.2 Å². The Balaban J connectivity index is 2.58. The van der Waals surface area contributed by atoms with Gasteiger partial charge >= 0.3 is 5.97 Å². The van der Waals surface area contributed by atoms with Crippen LogP contribution in [0.4, 0.5) is 0 Å². The topological polar surface area (TPSA) is 52.1 Å². The second kappa shape index (κ2) is 4.93. The second-order valence-electron chi connectivity index (χ2n) is 3.26. The van der Waals surface area contributed by atoms with Gasteiger partial charge in [-0.25, -0.2) is 4.79 Å². The molecule has 0 amide bonds. The fourth-order valence-electron chi connectivity index (χ4n) is 1.41. The third-order valence-electron chi connectivity index (χ3n) is 2.17. The highest BCUT2D eigenvalue weighted by Gasteiger charge is 2.15. The molecule has 2 aromatic rings. The number of carbonyl (C=O) groups excluding carboxylic acids is 1. The van der Waals surface area contributed by atoms with Gasteiger partial charge in [0.1, 0.15) is 5.69 Å².